The van der Waals surface area contributed by atoms with E-state index in [2.05, 4.69) is 110 Å². The van der Waals surface area contributed by atoms with Crippen molar-refractivity contribution in [2.45, 2.75) is 64.7 Å². The summed E-state index contributed by atoms with van der Waals surface area (Å²) in [6.07, 6.45) is 18.1. The largest absolute Gasteiger partial charge is 0.112 e. The Bertz CT molecular complexity index is 787. The van der Waals surface area contributed by atoms with E-state index in [0.29, 0.717) is 0 Å². The minimum Gasteiger partial charge on any atom is -0.0884 e. The van der Waals surface area contributed by atoms with Crippen molar-refractivity contribution in [1.82, 2.24) is 0 Å². The fraction of sp³-hybridized carbons (Fsp3) is 0.355. The van der Waals surface area contributed by atoms with Gasteiger partial charge in [0.2, 0.25) is 0 Å². The molecule has 0 heterocycles. The third-order valence-corrected chi connectivity index (χ3v) is 10.8. The van der Waals surface area contributed by atoms with Crippen molar-refractivity contribution in [2.24, 2.45) is 0 Å². The highest BCUT2D eigenvalue weighted by Gasteiger charge is 2.44. The summed E-state index contributed by atoms with van der Waals surface area (Å²) in [5.41, 5.74) is 0. The van der Waals surface area contributed by atoms with Crippen LogP contribution in [0.4, 0.5) is 0 Å². The molecule has 0 amide bonds. The van der Waals surface area contributed by atoms with E-state index >= 15 is 0 Å². The van der Waals surface area contributed by atoms with Crippen LogP contribution in [-0.2, 0) is 0 Å². The van der Waals surface area contributed by atoms with E-state index in [1.807, 2.05) is 0 Å². The van der Waals surface area contributed by atoms with E-state index in [9.17, 15) is 0 Å². The van der Waals surface area contributed by atoms with Gasteiger partial charge in [-0.05, 0) is 49.2 Å². The Morgan fingerprint density at radius 3 is 1.38 bits per heavy atom. The van der Waals surface area contributed by atoms with Gasteiger partial charge in [0.25, 0.3) is 0 Å². The van der Waals surface area contributed by atoms with Crippen molar-refractivity contribution < 1.29 is 0 Å². The van der Waals surface area contributed by atoms with Gasteiger partial charge in [-0.3, -0.25) is 0 Å². The standard InChI is InChI=1S/C31H40P/c1-2-3-4-5-6-7-8-9-10-11-21-28-32(29-22-15-12-16-23-29,30-24-17-13-18-25-30)31-26-19-14-20-27-31/h10-20,22-27H,2-9,21,28H2,1H3/q+1/b11-10-. The normalized spacial score (nSPS) is 11.8. The van der Waals surface area contributed by atoms with Crippen LogP contribution in [0.2, 0.25) is 0 Å². The fourth-order valence-corrected chi connectivity index (χ4v) is 8.85. The predicted molar refractivity (Wildman–Crippen MR) is 146 cm³/mol. The molecule has 1 heteroatoms. The van der Waals surface area contributed by atoms with Gasteiger partial charge in [0, 0.05) is 6.42 Å². The molecule has 3 rings (SSSR count). The Morgan fingerprint density at radius 1 is 0.500 bits per heavy atom. The van der Waals surface area contributed by atoms with Gasteiger partial charge in [-0.25, -0.2) is 0 Å². The van der Waals surface area contributed by atoms with Gasteiger partial charge in [0.1, 0.15) is 23.2 Å². The molecule has 0 aromatic heterocycles. The van der Waals surface area contributed by atoms with Crippen molar-refractivity contribution >= 4 is 23.2 Å². The van der Waals surface area contributed by atoms with Gasteiger partial charge >= 0.3 is 0 Å². The highest BCUT2D eigenvalue weighted by Crippen LogP contribution is 2.55. The summed E-state index contributed by atoms with van der Waals surface area (Å²) in [6, 6.07) is 33.7. The molecule has 0 aliphatic rings. The monoisotopic (exact) mass is 443 g/mol. The summed E-state index contributed by atoms with van der Waals surface area (Å²) in [5, 5.41) is 4.45. The molecule has 0 aliphatic heterocycles. The van der Waals surface area contributed by atoms with E-state index in [1.54, 1.807) is 0 Å². The summed E-state index contributed by atoms with van der Waals surface area (Å²) in [4.78, 5) is 0. The number of unbranched alkanes of at least 4 members (excludes halogenated alkanes) is 7. The molecular formula is C31H40P+. The molecule has 0 unspecified atom stereocenters. The van der Waals surface area contributed by atoms with Crippen molar-refractivity contribution in [3.05, 3.63) is 103 Å². The van der Waals surface area contributed by atoms with Crippen LogP contribution in [0.1, 0.15) is 64.7 Å². The first-order valence-electron chi connectivity index (χ1n) is 12.6. The first kappa shape index (κ1) is 24.5. The predicted octanol–water partition coefficient (Wildman–Crippen LogP) is 8.07. The number of rotatable bonds is 14. The SMILES string of the molecule is CCCCCCCCC/C=C\CC[P+](c1ccccc1)(c1ccccc1)c1ccccc1. The highest BCUT2D eigenvalue weighted by atomic mass is 31.2. The van der Waals surface area contributed by atoms with Crippen LogP contribution in [0.25, 0.3) is 0 Å². The topological polar surface area (TPSA) is 0 Å². The Balaban J connectivity index is 1.70. The van der Waals surface area contributed by atoms with Crippen LogP contribution < -0.4 is 15.9 Å². The van der Waals surface area contributed by atoms with Crippen LogP contribution >= 0.6 is 7.26 Å². The van der Waals surface area contributed by atoms with E-state index < -0.39 is 7.26 Å². The van der Waals surface area contributed by atoms with Crippen molar-refractivity contribution in [3.63, 3.8) is 0 Å². The van der Waals surface area contributed by atoms with Crippen molar-refractivity contribution in [2.75, 3.05) is 6.16 Å². The smallest absolute Gasteiger partial charge is 0.0884 e. The second kappa shape index (κ2) is 14.1. The van der Waals surface area contributed by atoms with Gasteiger partial charge in [0.15, 0.2) is 0 Å². The average Bonchev–Trinajstić information content (AvgIpc) is 2.87. The number of benzene rings is 3. The molecule has 0 bridgehead atoms. The summed E-state index contributed by atoms with van der Waals surface area (Å²) in [7, 11) is -1.68. The van der Waals surface area contributed by atoms with Crippen molar-refractivity contribution in [1.29, 1.82) is 0 Å². The minimum absolute atomic E-state index is 1.13. The molecular weight excluding hydrogens is 403 g/mol. The second-order valence-corrected chi connectivity index (χ2v) is 12.3. The molecule has 0 aliphatic carbocycles. The molecule has 0 nitrogen and oxygen atoms in total. The van der Waals surface area contributed by atoms with Crippen LogP contribution in [0.15, 0.2) is 103 Å². The third-order valence-electron chi connectivity index (χ3n) is 6.36. The maximum atomic E-state index is 2.45. The van der Waals surface area contributed by atoms with Gasteiger partial charge in [-0.1, -0.05) is 112 Å². The first-order valence-corrected chi connectivity index (χ1v) is 14.6. The molecule has 0 spiro atoms. The summed E-state index contributed by atoms with van der Waals surface area (Å²) < 4.78 is 0. The molecule has 3 aromatic rings. The quantitative estimate of drug-likeness (QED) is 0.134. The van der Waals surface area contributed by atoms with Crippen LogP contribution in [-0.4, -0.2) is 6.16 Å². The lowest BCUT2D eigenvalue weighted by molar-refractivity contribution is 0.592. The molecule has 3 aromatic carbocycles. The van der Waals surface area contributed by atoms with Gasteiger partial charge in [0.05, 0.1) is 6.16 Å². The highest BCUT2D eigenvalue weighted by molar-refractivity contribution is 7.95. The lowest BCUT2D eigenvalue weighted by Gasteiger charge is -2.27. The number of hydrogen-bond acceptors (Lipinski definition) is 0. The molecule has 0 saturated heterocycles. The Hall–Kier alpha value is -2.17. The van der Waals surface area contributed by atoms with Gasteiger partial charge in [-0.2, -0.15) is 0 Å². The van der Waals surface area contributed by atoms with Crippen LogP contribution in [0, 0.1) is 0 Å². The summed E-state index contributed by atoms with van der Waals surface area (Å²) >= 11 is 0. The van der Waals surface area contributed by atoms with E-state index in [-0.39, 0.29) is 0 Å². The third kappa shape index (κ3) is 6.91. The Morgan fingerprint density at radius 2 is 0.906 bits per heavy atom. The van der Waals surface area contributed by atoms with Gasteiger partial charge < -0.3 is 0 Å². The first-order chi connectivity index (χ1) is 15.9. The summed E-state index contributed by atoms with van der Waals surface area (Å²) in [6.45, 7) is 2.29. The number of hydrogen-bond donors (Lipinski definition) is 0. The zero-order chi connectivity index (χ0) is 22.3. The molecule has 168 valence electrons. The van der Waals surface area contributed by atoms with Crippen molar-refractivity contribution in [3.8, 4) is 0 Å². The van der Waals surface area contributed by atoms with E-state index in [0.717, 1.165) is 6.42 Å². The average molecular weight is 444 g/mol. The molecule has 32 heavy (non-hydrogen) atoms. The maximum Gasteiger partial charge on any atom is 0.112 e. The summed E-state index contributed by atoms with van der Waals surface area (Å²) in [5.74, 6) is 0. The van der Waals surface area contributed by atoms with E-state index in [1.165, 1.54) is 73.4 Å². The number of allylic oxidation sites excluding steroid dienone is 2. The molecule has 0 atom stereocenters. The fourth-order valence-electron chi connectivity index (χ4n) is 4.61. The molecule has 0 fully saturated rings. The van der Waals surface area contributed by atoms with E-state index in [4.69, 9.17) is 0 Å². The van der Waals surface area contributed by atoms with Crippen LogP contribution in [0.5, 0.6) is 0 Å². The molecule has 0 N–H and O–H groups in total. The Labute approximate surface area is 197 Å². The Kier molecular flexibility index (Phi) is 10.8. The van der Waals surface area contributed by atoms with Gasteiger partial charge in [-0.15, -0.1) is 0 Å². The minimum atomic E-state index is -1.68. The second-order valence-electron chi connectivity index (χ2n) is 8.71. The maximum absolute atomic E-state index is 2.45. The lowest BCUT2D eigenvalue weighted by atomic mass is 10.1. The lowest BCUT2D eigenvalue weighted by Crippen LogP contribution is -2.33. The van der Waals surface area contributed by atoms with Crippen LogP contribution in [0.3, 0.4) is 0 Å². The zero-order valence-electron chi connectivity index (χ0n) is 19.8. The molecule has 0 radical (unpaired) electrons. The molecule has 0 saturated carbocycles. The zero-order valence-corrected chi connectivity index (χ0v) is 20.7.